The van der Waals surface area contributed by atoms with Crippen LogP contribution in [0.2, 0.25) is 10.0 Å². The lowest BCUT2D eigenvalue weighted by atomic mass is 9.85. The van der Waals surface area contributed by atoms with Gasteiger partial charge in [0.1, 0.15) is 0 Å². The first-order chi connectivity index (χ1) is 10.0. The molecular formula is C15H17Cl2N3O. The standard InChI is InChI=1S/C15H17Cl2N3O/c1-15(7-3-6-12(15)18)14-19-13(20-21-14)8-9-10(16)4-2-5-11(9)17/h2,4-5,12H,3,6-8,18H2,1H3. The first-order valence-electron chi connectivity index (χ1n) is 7.02. The minimum Gasteiger partial charge on any atom is -0.339 e. The Morgan fingerprint density at radius 2 is 2.10 bits per heavy atom. The number of nitrogens with zero attached hydrogens (tertiary/aromatic N) is 2. The first-order valence-corrected chi connectivity index (χ1v) is 7.78. The van der Waals surface area contributed by atoms with Crippen molar-refractivity contribution in [3.8, 4) is 0 Å². The van der Waals surface area contributed by atoms with E-state index in [2.05, 4.69) is 17.1 Å². The van der Waals surface area contributed by atoms with Crippen molar-refractivity contribution in [3.05, 3.63) is 45.5 Å². The van der Waals surface area contributed by atoms with Gasteiger partial charge in [-0.05, 0) is 37.5 Å². The van der Waals surface area contributed by atoms with Crippen LogP contribution in [0, 0.1) is 0 Å². The largest absolute Gasteiger partial charge is 0.339 e. The fourth-order valence-electron chi connectivity index (χ4n) is 2.88. The Morgan fingerprint density at radius 3 is 2.71 bits per heavy atom. The van der Waals surface area contributed by atoms with Crippen molar-refractivity contribution in [2.24, 2.45) is 5.73 Å². The van der Waals surface area contributed by atoms with Crippen LogP contribution in [0.3, 0.4) is 0 Å². The van der Waals surface area contributed by atoms with Crippen LogP contribution in [0.4, 0.5) is 0 Å². The Morgan fingerprint density at radius 1 is 1.38 bits per heavy atom. The van der Waals surface area contributed by atoms with Crippen LogP contribution in [0.25, 0.3) is 0 Å². The second-order valence-corrected chi connectivity index (χ2v) is 6.62. The predicted octanol–water partition coefficient (Wildman–Crippen LogP) is 3.74. The van der Waals surface area contributed by atoms with Crippen molar-refractivity contribution in [2.75, 3.05) is 0 Å². The average Bonchev–Trinajstić information content (AvgIpc) is 3.03. The molecule has 6 heteroatoms. The molecule has 1 fully saturated rings. The van der Waals surface area contributed by atoms with Crippen LogP contribution in [0.15, 0.2) is 22.7 Å². The van der Waals surface area contributed by atoms with Gasteiger partial charge in [-0.2, -0.15) is 4.98 Å². The third-order valence-electron chi connectivity index (χ3n) is 4.38. The highest BCUT2D eigenvalue weighted by atomic mass is 35.5. The molecule has 2 atom stereocenters. The molecule has 4 nitrogen and oxygen atoms in total. The SMILES string of the molecule is CC1(c2nc(Cc3c(Cl)cccc3Cl)no2)CCCC1N. The highest BCUT2D eigenvalue weighted by Crippen LogP contribution is 2.39. The van der Waals surface area contributed by atoms with Crippen LogP contribution >= 0.6 is 23.2 Å². The zero-order valence-electron chi connectivity index (χ0n) is 11.8. The number of nitrogens with two attached hydrogens (primary N) is 1. The third kappa shape index (κ3) is 2.68. The lowest BCUT2D eigenvalue weighted by Gasteiger charge is -2.23. The maximum absolute atomic E-state index is 6.19. The summed E-state index contributed by atoms with van der Waals surface area (Å²) in [4.78, 5) is 4.52. The summed E-state index contributed by atoms with van der Waals surface area (Å²) in [6.07, 6.45) is 3.51. The Bertz CT molecular complexity index is 638. The summed E-state index contributed by atoms with van der Waals surface area (Å²) in [7, 11) is 0. The lowest BCUT2D eigenvalue weighted by molar-refractivity contribution is 0.276. The van der Waals surface area contributed by atoms with E-state index in [-0.39, 0.29) is 11.5 Å². The van der Waals surface area contributed by atoms with Gasteiger partial charge < -0.3 is 10.3 Å². The van der Waals surface area contributed by atoms with E-state index < -0.39 is 0 Å². The molecule has 0 aliphatic heterocycles. The van der Waals surface area contributed by atoms with Crippen LogP contribution in [-0.4, -0.2) is 16.2 Å². The molecule has 0 radical (unpaired) electrons. The summed E-state index contributed by atoms with van der Waals surface area (Å²) < 4.78 is 5.45. The number of rotatable bonds is 3. The summed E-state index contributed by atoms with van der Waals surface area (Å²) in [5, 5.41) is 5.28. The molecule has 1 aliphatic rings. The normalized spacial score (nSPS) is 25.4. The van der Waals surface area contributed by atoms with Crippen molar-refractivity contribution < 1.29 is 4.52 Å². The van der Waals surface area contributed by atoms with Gasteiger partial charge in [0.2, 0.25) is 5.89 Å². The summed E-state index contributed by atoms with van der Waals surface area (Å²) in [5.74, 6) is 1.20. The molecule has 0 saturated heterocycles. The number of halogens is 2. The van der Waals surface area contributed by atoms with Gasteiger partial charge in [-0.1, -0.05) is 40.8 Å². The average molecular weight is 326 g/mol. The number of hydrogen-bond donors (Lipinski definition) is 1. The summed E-state index contributed by atoms with van der Waals surface area (Å²) in [6, 6.07) is 5.49. The van der Waals surface area contributed by atoms with Gasteiger partial charge in [-0.25, -0.2) is 0 Å². The van der Waals surface area contributed by atoms with E-state index in [9.17, 15) is 0 Å². The number of hydrogen-bond acceptors (Lipinski definition) is 4. The molecule has 0 bridgehead atoms. The van der Waals surface area contributed by atoms with Crippen molar-refractivity contribution in [1.82, 2.24) is 10.1 Å². The number of benzene rings is 1. The smallest absolute Gasteiger partial charge is 0.234 e. The van der Waals surface area contributed by atoms with Crippen LogP contribution in [0.5, 0.6) is 0 Å². The van der Waals surface area contributed by atoms with E-state index in [1.54, 1.807) is 12.1 Å². The van der Waals surface area contributed by atoms with E-state index in [4.69, 9.17) is 33.5 Å². The highest BCUT2D eigenvalue weighted by molar-refractivity contribution is 6.36. The van der Waals surface area contributed by atoms with Crippen molar-refractivity contribution in [2.45, 2.75) is 44.1 Å². The molecule has 3 rings (SSSR count). The van der Waals surface area contributed by atoms with E-state index in [0.29, 0.717) is 28.2 Å². The molecule has 2 unspecified atom stereocenters. The van der Waals surface area contributed by atoms with Crippen molar-refractivity contribution in [3.63, 3.8) is 0 Å². The monoisotopic (exact) mass is 325 g/mol. The van der Waals surface area contributed by atoms with E-state index in [1.165, 1.54) is 0 Å². The lowest BCUT2D eigenvalue weighted by Crippen LogP contribution is -2.38. The fourth-order valence-corrected chi connectivity index (χ4v) is 3.41. The predicted molar refractivity (Wildman–Crippen MR) is 82.7 cm³/mol. The molecule has 1 saturated carbocycles. The fraction of sp³-hybridized carbons (Fsp3) is 0.467. The Kier molecular flexibility index (Phi) is 3.95. The van der Waals surface area contributed by atoms with Crippen LogP contribution in [0.1, 0.15) is 43.5 Å². The zero-order valence-corrected chi connectivity index (χ0v) is 13.3. The third-order valence-corrected chi connectivity index (χ3v) is 5.09. The van der Waals surface area contributed by atoms with Gasteiger partial charge in [0.25, 0.3) is 0 Å². The quantitative estimate of drug-likeness (QED) is 0.933. The molecule has 1 aromatic heterocycles. The maximum atomic E-state index is 6.19. The van der Waals surface area contributed by atoms with Crippen LogP contribution in [-0.2, 0) is 11.8 Å². The van der Waals surface area contributed by atoms with Crippen molar-refractivity contribution in [1.29, 1.82) is 0 Å². The van der Waals surface area contributed by atoms with Crippen LogP contribution < -0.4 is 5.73 Å². The van der Waals surface area contributed by atoms with E-state index in [0.717, 1.165) is 24.8 Å². The van der Waals surface area contributed by atoms with Gasteiger partial charge in [0.05, 0.1) is 5.41 Å². The molecular weight excluding hydrogens is 309 g/mol. The number of aromatic nitrogens is 2. The zero-order chi connectivity index (χ0) is 15.0. The summed E-state index contributed by atoms with van der Waals surface area (Å²) >= 11 is 12.3. The molecule has 2 N–H and O–H groups in total. The van der Waals surface area contributed by atoms with Gasteiger partial charge >= 0.3 is 0 Å². The summed E-state index contributed by atoms with van der Waals surface area (Å²) in [5.41, 5.74) is 6.77. The van der Waals surface area contributed by atoms with Gasteiger partial charge in [0.15, 0.2) is 5.82 Å². The molecule has 1 aromatic carbocycles. The molecule has 1 heterocycles. The summed E-state index contributed by atoms with van der Waals surface area (Å²) in [6.45, 7) is 2.09. The maximum Gasteiger partial charge on any atom is 0.234 e. The molecule has 0 spiro atoms. The second-order valence-electron chi connectivity index (χ2n) is 5.81. The van der Waals surface area contributed by atoms with Gasteiger partial charge in [0, 0.05) is 22.5 Å². The molecule has 21 heavy (non-hydrogen) atoms. The molecule has 112 valence electrons. The second kappa shape index (κ2) is 5.59. The molecule has 2 aromatic rings. The minimum absolute atomic E-state index is 0.0645. The van der Waals surface area contributed by atoms with E-state index >= 15 is 0 Å². The Balaban J connectivity index is 1.86. The first kappa shape index (κ1) is 14.8. The minimum atomic E-state index is -0.227. The highest BCUT2D eigenvalue weighted by Gasteiger charge is 2.42. The van der Waals surface area contributed by atoms with Gasteiger partial charge in [-0.3, -0.25) is 0 Å². The Labute approximate surface area is 133 Å². The topological polar surface area (TPSA) is 64.9 Å². The molecule has 0 amide bonds. The van der Waals surface area contributed by atoms with E-state index in [1.807, 2.05) is 6.07 Å². The molecule has 1 aliphatic carbocycles. The van der Waals surface area contributed by atoms with Crippen molar-refractivity contribution >= 4 is 23.2 Å². The van der Waals surface area contributed by atoms with Gasteiger partial charge in [-0.15, -0.1) is 0 Å². The Hall–Kier alpha value is -1.10.